The first kappa shape index (κ1) is 39.0. The molecule has 4 amide bonds. The summed E-state index contributed by atoms with van der Waals surface area (Å²) in [5.74, 6) is -0.269. The van der Waals surface area contributed by atoms with Crippen molar-refractivity contribution in [1.29, 1.82) is 0 Å². The van der Waals surface area contributed by atoms with E-state index in [4.69, 9.17) is 10.5 Å². The number of imide groups is 2. The number of nitrogen functional groups attached to an aromatic ring is 1. The van der Waals surface area contributed by atoms with Crippen LogP contribution in [0.25, 0.3) is 16.9 Å². The van der Waals surface area contributed by atoms with Gasteiger partial charge >= 0.3 is 5.69 Å². The number of hydrogen-bond acceptors (Lipinski definition) is 11. The van der Waals surface area contributed by atoms with Gasteiger partial charge in [-0.15, -0.1) is 0 Å². The topological polar surface area (TPSA) is 178 Å². The molecule has 1 atom stereocenters. The van der Waals surface area contributed by atoms with Crippen LogP contribution < -0.4 is 21.5 Å². The Kier molecular flexibility index (Phi) is 10.0. The molecular weight excluding hydrogens is 775 g/mol. The summed E-state index contributed by atoms with van der Waals surface area (Å²) < 4.78 is 9.44. The molecule has 4 aliphatic heterocycles. The van der Waals surface area contributed by atoms with E-state index in [2.05, 4.69) is 25.1 Å². The molecule has 4 fully saturated rings. The van der Waals surface area contributed by atoms with Crippen LogP contribution in [0, 0.1) is 5.41 Å². The third kappa shape index (κ3) is 7.18. The van der Waals surface area contributed by atoms with E-state index in [9.17, 15) is 24.0 Å². The number of rotatable bonds is 8. The van der Waals surface area contributed by atoms with E-state index < -0.39 is 23.8 Å². The Hall–Kier alpha value is -6.19. The maximum atomic E-state index is 14.3. The number of hydrogen-bond donors (Lipinski definition) is 2. The summed E-state index contributed by atoms with van der Waals surface area (Å²) in [6.07, 6.45) is 10.4. The Labute approximate surface area is 352 Å². The monoisotopic (exact) mass is 823 g/mol. The summed E-state index contributed by atoms with van der Waals surface area (Å²) in [5.41, 5.74) is 9.96. The molecule has 15 heteroatoms. The molecular formula is C46H49N9O6. The largest absolute Gasteiger partial charge is 0.457 e. The lowest BCUT2D eigenvalue weighted by Crippen LogP contribution is -2.54. The average molecular weight is 824 g/mol. The highest BCUT2D eigenvalue weighted by Crippen LogP contribution is 2.46. The van der Waals surface area contributed by atoms with E-state index in [0.717, 1.165) is 68.1 Å². The molecule has 61 heavy (non-hydrogen) atoms. The normalized spacial score (nSPS) is 21.6. The molecule has 10 rings (SSSR count). The quantitative estimate of drug-likeness (QED) is 0.196. The number of carbonyl (C=O) groups excluding carboxylic acids is 4. The second-order valence-electron chi connectivity index (χ2n) is 17.4. The van der Waals surface area contributed by atoms with E-state index in [1.807, 2.05) is 65.2 Å². The van der Waals surface area contributed by atoms with Crippen LogP contribution in [0.15, 0.2) is 83.9 Å². The Bertz CT molecular complexity index is 2580. The van der Waals surface area contributed by atoms with Crippen molar-refractivity contribution in [3.05, 3.63) is 106 Å². The predicted octanol–water partition coefficient (Wildman–Crippen LogP) is 5.22. The van der Waals surface area contributed by atoms with Crippen molar-refractivity contribution in [3.8, 4) is 17.2 Å². The summed E-state index contributed by atoms with van der Waals surface area (Å²) >= 11 is 0. The number of nitrogens with one attached hydrogen (secondary N) is 1. The van der Waals surface area contributed by atoms with E-state index in [1.54, 1.807) is 16.7 Å². The number of ether oxygens (including phenoxy) is 1. The molecule has 3 N–H and O–H groups in total. The number of likely N-dealkylation sites (tertiary alicyclic amines) is 2. The van der Waals surface area contributed by atoms with Crippen molar-refractivity contribution >= 4 is 40.6 Å². The Morgan fingerprint density at radius 1 is 0.738 bits per heavy atom. The number of piperidine rings is 3. The molecule has 1 aliphatic carbocycles. The molecule has 5 aromatic rings. The van der Waals surface area contributed by atoms with Gasteiger partial charge in [-0.05, 0) is 130 Å². The summed E-state index contributed by atoms with van der Waals surface area (Å²) in [6, 6.07) is 22.0. The lowest BCUT2D eigenvalue weighted by molar-refractivity contribution is -0.136. The fraction of sp³-hybridized carbons (Fsp3) is 0.413. The van der Waals surface area contributed by atoms with Crippen molar-refractivity contribution in [3.63, 3.8) is 0 Å². The fourth-order valence-corrected chi connectivity index (χ4v) is 10.6. The smallest absolute Gasteiger partial charge is 0.335 e. The highest BCUT2D eigenvalue weighted by molar-refractivity contribution is 6.23. The number of imidazole rings is 1. The molecule has 6 heterocycles. The van der Waals surface area contributed by atoms with Gasteiger partial charge in [0, 0.05) is 38.1 Å². The van der Waals surface area contributed by atoms with Crippen LogP contribution in [0.2, 0.25) is 0 Å². The molecule has 3 saturated heterocycles. The van der Waals surface area contributed by atoms with Crippen molar-refractivity contribution in [2.75, 3.05) is 31.9 Å². The molecule has 0 radical (unpaired) electrons. The van der Waals surface area contributed by atoms with Crippen molar-refractivity contribution < 1.29 is 23.9 Å². The van der Waals surface area contributed by atoms with Gasteiger partial charge in [0.15, 0.2) is 11.5 Å². The SMILES string of the molecule is Nc1ncnc2c1n(-c1ccc(Oc3ccccc3)cc1)c(=O)n2C1CCN(C2CCC3(CC2)CCN(Cc2ccc4c(c2)C(=O)N(C2CCC(=O)NC2=O)C4=O)CC3)CC1. The first-order valence-corrected chi connectivity index (χ1v) is 21.5. The van der Waals surface area contributed by atoms with Crippen molar-refractivity contribution in [1.82, 2.24) is 39.1 Å². The number of nitrogens with two attached hydrogens (primary N) is 1. The first-order valence-electron chi connectivity index (χ1n) is 21.5. The summed E-state index contributed by atoms with van der Waals surface area (Å²) in [5, 5.41) is 2.26. The number of anilines is 1. The number of fused-ring (bicyclic) bond motifs is 2. The van der Waals surface area contributed by atoms with E-state index >= 15 is 0 Å². The van der Waals surface area contributed by atoms with Gasteiger partial charge in [-0.3, -0.25) is 43.4 Å². The van der Waals surface area contributed by atoms with Crippen LogP contribution in [0.5, 0.6) is 11.5 Å². The first-order chi connectivity index (χ1) is 29.6. The fourth-order valence-electron chi connectivity index (χ4n) is 10.6. The number of benzene rings is 3. The van der Waals surface area contributed by atoms with E-state index in [1.165, 1.54) is 32.0 Å². The molecule has 3 aromatic carbocycles. The maximum Gasteiger partial charge on any atom is 0.335 e. The van der Waals surface area contributed by atoms with Crippen LogP contribution >= 0.6 is 0 Å². The molecule has 1 unspecified atom stereocenters. The van der Waals surface area contributed by atoms with Gasteiger partial charge in [0.1, 0.15) is 29.4 Å². The van der Waals surface area contributed by atoms with Crippen molar-refractivity contribution in [2.24, 2.45) is 5.41 Å². The lowest BCUT2D eigenvalue weighted by Gasteiger charge is -2.48. The zero-order valence-corrected chi connectivity index (χ0v) is 34.0. The minimum Gasteiger partial charge on any atom is -0.457 e. The average Bonchev–Trinajstić information content (AvgIpc) is 3.71. The second kappa shape index (κ2) is 15.7. The van der Waals surface area contributed by atoms with Gasteiger partial charge in [-0.25, -0.2) is 14.8 Å². The lowest BCUT2D eigenvalue weighted by atomic mass is 9.66. The van der Waals surface area contributed by atoms with Gasteiger partial charge in [0.2, 0.25) is 11.8 Å². The van der Waals surface area contributed by atoms with Gasteiger partial charge in [-0.1, -0.05) is 24.3 Å². The minimum absolute atomic E-state index is 0.00435. The number of carbonyl (C=O) groups is 4. The number of nitrogens with zero attached hydrogens (tertiary/aromatic N) is 7. The standard InChI is InChI=1S/C46H49N9O6/c47-40-39-41(49-28-48-40)54(45(60)53(39)31-7-9-34(10-8-31)61-33-4-2-1-3-5-33)32-16-22-52(23-17-32)30-14-18-46(19-15-30)20-24-51(25-21-46)27-29-6-11-35-36(26-29)44(59)55(43(35)58)37-12-13-38(56)50-42(37)57/h1-11,26,28,30,32,37H,12-25,27H2,(H2,47,48,49)(H,50,56,57). The number of para-hydroxylation sites is 1. The van der Waals surface area contributed by atoms with Gasteiger partial charge in [0.05, 0.1) is 16.8 Å². The van der Waals surface area contributed by atoms with E-state index in [0.29, 0.717) is 51.7 Å². The Morgan fingerprint density at radius 2 is 1.44 bits per heavy atom. The highest BCUT2D eigenvalue weighted by Gasteiger charge is 2.45. The molecule has 314 valence electrons. The van der Waals surface area contributed by atoms with Crippen LogP contribution in [0.4, 0.5) is 5.82 Å². The van der Waals surface area contributed by atoms with Gasteiger partial charge in [0.25, 0.3) is 11.8 Å². The van der Waals surface area contributed by atoms with Crippen molar-refractivity contribution in [2.45, 2.75) is 88.9 Å². The summed E-state index contributed by atoms with van der Waals surface area (Å²) in [6.45, 7) is 4.48. The zero-order chi connectivity index (χ0) is 41.8. The molecule has 5 aliphatic rings. The molecule has 1 spiro atoms. The second-order valence-corrected chi connectivity index (χ2v) is 17.4. The molecule has 15 nitrogen and oxygen atoms in total. The Balaban J connectivity index is 0.737. The van der Waals surface area contributed by atoms with Crippen LogP contribution in [-0.4, -0.2) is 95.7 Å². The van der Waals surface area contributed by atoms with Gasteiger partial charge in [-0.2, -0.15) is 0 Å². The summed E-state index contributed by atoms with van der Waals surface area (Å²) in [4.78, 5) is 79.9. The minimum atomic E-state index is -0.965. The number of amides is 4. The van der Waals surface area contributed by atoms with Crippen LogP contribution in [0.1, 0.15) is 96.5 Å². The molecule has 2 aromatic heterocycles. The Morgan fingerprint density at radius 3 is 2.16 bits per heavy atom. The molecule has 1 saturated carbocycles. The van der Waals surface area contributed by atoms with Crippen LogP contribution in [-0.2, 0) is 16.1 Å². The zero-order valence-electron chi connectivity index (χ0n) is 34.0. The molecule has 0 bridgehead atoms. The third-order valence-corrected chi connectivity index (χ3v) is 14.0. The highest BCUT2D eigenvalue weighted by atomic mass is 16.5. The van der Waals surface area contributed by atoms with Gasteiger partial charge < -0.3 is 15.4 Å². The summed E-state index contributed by atoms with van der Waals surface area (Å²) in [7, 11) is 0. The predicted molar refractivity (Wildman–Crippen MR) is 226 cm³/mol. The third-order valence-electron chi connectivity index (χ3n) is 14.0. The maximum absolute atomic E-state index is 14.3. The van der Waals surface area contributed by atoms with E-state index in [-0.39, 0.29) is 36.3 Å². The number of aromatic nitrogens is 4. The van der Waals surface area contributed by atoms with Crippen LogP contribution in [0.3, 0.4) is 0 Å².